The molecular formula is C24H35N3O5S2. The molecule has 2 unspecified atom stereocenters. The van der Waals surface area contributed by atoms with E-state index in [2.05, 4.69) is 13.8 Å². The van der Waals surface area contributed by atoms with Gasteiger partial charge in [-0.3, -0.25) is 4.79 Å². The Morgan fingerprint density at radius 3 is 2.24 bits per heavy atom. The maximum absolute atomic E-state index is 13.4. The lowest BCUT2D eigenvalue weighted by Gasteiger charge is -2.34. The van der Waals surface area contributed by atoms with E-state index in [1.807, 2.05) is 0 Å². The van der Waals surface area contributed by atoms with E-state index < -0.39 is 20.0 Å². The lowest BCUT2D eigenvalue weighted by atomic mass is 9.94. The fourth-order valence-corrected chi connectivity index (χ4v) is 8.65. The first-order valence-corrected chi connectivity index (χ1v) is 15.3. The van der Waals surface area contributed by atoms with Gasteiger partial charge < -0.3 is 4.90 Å². The summed E-state index contributed by atoms with van der Waals surface area (Å²) in [6.07, 6.45) is 4.24. The van der Waals surface area contributed by atoms with E-state index in [0.717, 1.165) is 29.7 Å². The average molecular weight is 510 g/mol. The Morgan fingerprint density at radius 2 is 1.62 bits per heavy atom. The van der Waals surface area contributed by atoms with E-state index in [-0.39, 0.29) is 34.1 Å². The van der Waals surface area contributed by atoms with Gasteiger partial charge in [0, 0.05) is 31.6 Å². The molecule has 34 heavy (non-hydrogen) atoms. The second kappa shape index (κ2) is 9.62. The van der Waals surface area contributed by atoms with Crippen molar-refractivity contribution in [3.05, 3.63) is 30.0 Å². The molecule has 0 radical (unpaired) electrons. The van der Waals surface area contributed by atoms with Crippen LogP contribution in [0.2, 0.25) is 0 Å². The van der Waals surface area contributed by atoms with Gasteiger partial charge in [-0.1, -0.05) is 20.8 Å². The summed E-state index contributed by atoms with van der Waals surface area (Å²) in [6, 6.07) is 6.05. The predicted octanol–water partition coefficient (Wildman–Crippen LogP) is 3.52. The van der Waals surface area contributed by atoms with Crippen LogP contribution in [0, 0.1) is 11.8 Å². The minimum atomic E-state index is -3.78. The van der Waals surface area contributed by atoms with E-state index in [0.29, 0.717) is 43.5 Å². The van der Waals surface area contributed by atoms with Crippen LogP contribution in [0.15, 0.2) is 29.2 Å². The number of amides is 1. The van der Waals surface area contributed by atoms with Crippen LogP contribution >= 0.6 is 0 Å². The van der Waals surface area contributed by atoms with Gasteiger partial charge in [0.2, 0.25) is 20.0 Å². The van der Waals surface area contributed by atoms with Crippen molar-refractivity contribution >= 4 is 36.9 Å². The van der Waals surface area contributed by atoms with Crippen molar-refractivity contribution in [1.29, 1.82) is 0 Å². The molecule has 8 nitrogen and oxygen atoms in total. The number of benzene rings is 1. The van der Waals surface area contributed by atoms with Crippen molar-refractivity contribution in [1.82, 2.24) is 13.2 Å². The molecule has 0 N–H and O–H groups in total. The van der Waals surface area contributed by atoms with Gasteiger partial charge in [-0.2, -0.15) is 4.31 Å². The molecule has 1 amide bonds. The van der Waals surface area contributed by atoms with E-state index >= 15 is 0 Å². The molecule has 2 fully saturated rings. The number of aromatic nitrogens is 1. The molecule has 1 aromatic heterocycles. The van der Waals surface area contributed by atoms with Gasteiger partial charge in [0.15, 0.2) is 0 Å². The number of fused-ring (bicyclic) bond motifs is 1. The fraction of sp³-hybridized carbons (Fsp3) is 0.625. The number of piperidine rings is 2. The summed E-state index contributed by atoms with van der Waals surface area (Å²) in [7, 11) is -7.51. The molecule has 2 aromatic rings. The van der Waals surface area contributed by atoms with Crippen LogP contribution in [-0.2, 0) is 20.0 Å². The average Bonchev–Trinajstić information content (AvgIpc) is 3.18. The Hall–Kier alpha value is -1.91. The van der Waals surface area contributed by atoms with Crippen LogP contribution in [0.3, 0.4) is 0 Å². The first-order valence-electron chi connectivity index (χ1n) is 12.2. The summed E-state index contributed by atoms with van der Waals surface area (Å²) < 4.78 is 55.9. The van der Waals surface area contributed by atoms with Crippen LogP contribution in [0.1, 0.15) is 63.4 Å². The van der Waals surface area contributed by atoms with Crippen molar-refractivity contribution in [3.63, 3.8) is 0 Å². The Balaban J connectivity index is 1.81. The zero-order chi connectivity index (χ0) is 24.7. The third-order valence-corrected chi connectivity index (χ3v) is 10.5. The number of sulfonamides is 1. The van der Waals surface area contributed by atoms with Crippen molar-refractivity contribution in [2.45, 2.75) is 57.8 Å². The molecular weight excluding hydrogens is 474 g/mol. The number of hydrogen-bond donors (Lipinski definition) is 0. The maximum Gasteiger partial charge on any atom is 0.271 e. The minimum Gasteiger partial charge on any atom is -0.337 e. The molecule has 2 atom stereocenters. The lowest BCUT2D eigenvalue weighted by Crippen LogP contribution is -2.42. The number of carbonyl (C=O) groups excluding carboxylic acids is 1. The largest absolute Gasteiger partial charge is 0.337 e. The molecule has 3 heterocycles. The van der Waals surface area contributed by atoms with Crippen LogP contribution in [0.5, 0.6) is 0 Å². The smallest absolute Gasteiger partial charge is 0.271 e. The second-order valence-corrected chi connectivity index (χ2v) is 13.8. The summed E-state index contributed by atoms with van der Waals surface area (Å²) in [4.78, 5) is 15.2. The second-order valence-electron chi connectivity index (χ2n) is 9.95. The number of carbonyl (C=O) groups is 1. The molecule has 4 rings (SSSR count). The van der Waals surface area contributed by atoms with Crippen LogP contribution in [0.25, 0.3) is 10.9 Å². The first kappa shape index (κ1) is 25.2. The lowest BCUT2D eigenvalue weighted by molar-refractivity contribution is 0.0717. The Kier molecular flexibility index (Phi) is 7.13. The number of nitrogens with zero attached hydrogens (tertiary/aromatic N) is 3. The standard InChI is InChI=1S/C24H35N3O5S2/c1-4-12-33(29,30)27-22-9-8-21(34(31,32)26-16-18(2)13-19(3)17-26)14-20(22)15-23(27)24(28)25-10-6-5-7-11-25/h8-9,14-15,18-19H,4-7,10-13,16-17H2,1-3H3. The highest BCUT2D eigenvalue weighted by Crippen LogP contribution is 2.31. The molecule has 2 saturated heterocycles. The van der Waals surface area contributed by atoms with E-state index in [1.54, 1.807) is 17.9 Å². The highest BCUT2D eigenvalue weighted by atomic mass is 32.2. The van der Waals surface area contributed by atoms with E-state index in [1.165, 1.54) is 22.5 Å². The highest BCUT2D eigenvalue weighted by molar-refractivity contribution is 7.90. The zero-order valence-corrected chi connectivity index (χ0v) is 21.9. The SMILES string of the molecule is CCCS(=O)(=O)n1c(C(=O)N2CCCCC2)cc2cc(S(=O)(=O)N3CC(C)CC(C)C3)ccc21. The molecule has 10 heteroatoms. The molecule has 2 aliphatic rings. The van der Waals surface area contributed by atoms with Crippen molar-refractivity contribution in [2.24, 2.45) is 11.8 Å². The van der Waals surface area contributed by atoms with Gasteiger partial charge in [0.1, 0.15) is 5.69 Å². The fourth-order valence-electron chi connectivity index (χ4n) is 5.34. The predicted molar refractivity (Wildman–Crippen MR) is 133 cm³/mol. The minimum absolute atomic E-state index is 0.0834. The Labute approximate surface area is 203 Å². The summed E-state index contributed by atoms with van der Waals surface area (Å²) in [5.41, 5.74) is 0.424. The van der Waals surface area contributed by atoms with Gasteiger partial charge in [0.25, 0.3) is 5.91 Å². The van der Waals surface area contributed by atoms with Crippen molar-refractivity contribution in [2.75, 3.05) is 31.9 Å². The Morgan fingerprint density at radius 1 is 0.971 bits per heavy atom. The maximum atomic E-state index is 13.4. The van der Waals surface area contributed by atoms with Gasteiger partial charge in [-0.05, 0) is 68.2 Å². The third-order valence-electron chi connectivity index (χ3n) is 6.80. The van der Waals surface area contributed by atoms with Gasteiger partial charge >= 0.3 is 0 Å². The van der Waals surface area contributed by atoms with Crippen molar-refractivity contribution < 1.29 is 21.6 Å². The summed E-state index contributed by atoms with van der Waals surface area (Å²) in [6.45, 7) is 8.01. The van der Waals surface area contributed by atoms with E-state index in [9.17, 15) is 21.6 Å². The highest BCUT2D eigenvalue weighted by Gasteiger charge is 2.33. The van der Waals surface area contributed by atoms with Crippen LogP contribution in [-0.4, -0.2) is 67.9 Å². The summed E-state index contributed by atoms with van der Waals surface area (Å²) >= 11 is 0. The monoisotopic (exact) mass is 509 g/mol. The van der Waals surface area contributed by atoms with Gasteiger partial charge in [0.05, 0.1) is 16.2 Å². The molecule has 0 aliphatic carbocycles. The normalized spacial score (nSPS) is 22.9. The molecule has 188 valence electrons. The van der Waals surface area contributed by atoms with Gasteiger partial charge in [-0.25, -0.2) is 20.8 Å². The first-order chi connectivity index (χ1) is 16.0. The molecule has 0 bridgehead atoms. The van der Waals surface area contributed by atoms with Crippen LogP contribution < -0.4 is 0 Å². The number of hydrogen-bond acceptors (Lipinski definition) is 5. The Bertz CT molecular complexity index is 1270. The molecule has 0 spiro atoms. The van der Waals surface area contributed by atoms with Crippen molar-refractivity contribution in [3.8, 4) is 0 Å². The van der Waals surface area contributed by atoms with Crippen LogP contribution in [0.4, 0.5) is 0 Å². The molecule has 1 aromatic carbocycles. The molecule has 2 aliphatic heterocycles. The quantitative estimate of drug-likeness (QED) is 0.594. The topological polar surface area (TPSA) is 96.8 Å². The van der Waals surface area contributed by atoms with Gasteiger partial charge in [-0.15, -0.1) is 0 Å². The zero-order valence-electron chi connectivity index (χ0n) is 20.2. The number of likely N-dealkylation sites (tertiary alicyclic amines) is 1. The molecule has 0 saturated carbocycles. The summed E-state index contributed by atoms with van der Waals surface area (Å²) in [5.74, 6) is 0.131. The number of rotatable bonds is 6. The summed E-state index contributed by atoms with van der Waals surface area (Å²) in [5, 5.41) is 0.444. The third kappa shape index (κ3) is 4.77. The van der Waals surface area contributed by atoms with E-state index in [4.69, 9.17) is 0 Å².